The number of hydrogen-bond donors (Lipinski definition) is 2. The van der Waals surface area contributed by atoms with Gasteiger partial charge in [-0.3, -0.25) is 0 Å². The van der Waals surface area contributed by atoms with Gasteiger partial charge in [-0.25, -0.2) is 4.79 Å². The summed E-state index contributed by atoms with van der Waals surface area (Å²) in [5, 5.41) is 6.00. The summed E-state index contributed by atoms with van der Waals surface area (Å²) in [5.41, 5.74) is 0.0126. The molecule has 1 aliphatic carbocycles. The third kappa shape index (κ3) is 3.67. The predicted octanol–water partition coefficient (Wildman–Crippen LogP) is 1.90. The molecule has 0 saturated heterocycles. The number of urea groups is 1. The van der Waals surface area contributed by atoms with Crippen LogP contribution in [0.5, 0.6) is 0 Å². The Balaban J connectivity index is 2.36. The average molecular weight is 228 g/mol. The lowest BCUT2D eigenvalue weighted by Gasteiger charge is -2.39. The van der Waals surface area contributed by atoms with Gasteiger partial charge in [0, 0.05) is 12.6 Å². The van der Waals surface area contributed by atoms with Crippen molar-refractivity contribution in [3.8, 4) is 0 Å². The van der Waals surface area contributed by atoms with E-state index in [1.54, 1.807) is 7.11 Å². The number of amides is 2. The zero-order valence-electron chi connectivity index (χ0n) is 10.8. The molecule has 1 fully saturated rings. The minimum atomic E-state index is -0.0713. The van der Waals surface area contributed by atoms with E-state index in [4.69, 9.17) is 4.74 Å². The number of carbonyl (C=O) groups is 1. The van der Waals surface area contributed by atoms with Crippen LogP contribution < -0.4 is 10.6 Å². The first kappa shape index (κ1) is 13.3. The molecule has 4 heteroatoms. The molecule has 0 heterocycles. The Labute approximate surface area is 98.1 Å². The molecular weight excluding hydrogens is 204 g/mol. The van der Waals surface area contributed by atoms with Crippen molar-refractivity contribution < 1.29 is 9.53 Å². The highest BCUT2D eigenvalue weighted by Gasteiger charge is 2.33. The first-order valence-corrected chi connectivity index (χ1v) is 6.04. The highest BCUT2D eigenvalue weighted by molar-refractivity contribution is 5.75. The van der Waals surface area contributed by atoms with Crippen LogP contribution in [0.4, 0.5) is 4.79 Å². The van der Waals surface area contributed by atoms with Crippen LogP contribution in [-0.4, -0.2) is 31.3 Å². The molecule has 0 aromatic heterocycles. The topological polar surface area (TPSA) is 50.4 Å². The van der Waals surface area contributed by atoms with E-state index >= 15 is 0 Å². The number of nitrogens with one attached hydrogen (secondary N) is 2. The second kappa shape index (κ2) is 5.53. The minimum absolute atomic E-state index is 0.0126. The Kier molecular flexibility index (Phi) is 4.59. The van der Waals surface area contributed by atoms with Gasteiger partial charge in [0.2, 0.25) is 0 Å². The third-order valence-corrected chi connectivity index (χ3v) is 3.34. The molecule has 16 heavy (non-hydrogen) atoms. The lowest BCUT2D eigenvalue weighted by Crippen LogP contribution is -2.57. The summed E-state index contributed by atoms with van der Waals surface area (Å²) in [6.07, 6.45) is 3.37. The maximum atomic E-state index is 11.8. The molecule has 4 nitrogen and oxygen atoms in total. The van der Waals surface area contributed by atoms with Crippen LogP contribution in [0.1, 0.15) is 40.0 Å². The molecule has 1 rings (SSSR count). The fraction of sp³-hybridized carbons (Fsp3) is 0.917. The van der Waals surface area contributed by atoms with Crippen LogP contribution in [0.25, 0.3) is 0 Å². The Bertz CT molecular complexity index is 237. The van der Waals surface area contributed by atoms with Crippen LogP contribution in [0.15, 0.2) is 0 Å². The summed E-state index contributed by atoms with van der Waals surface area (Å²) in [6, 6.07) is 0.00614. The second-order valence-electron chi connectivity index (χ2n) is 5.32. The van der Waals surface area contributed by atoms with E-state index in [9.17, 15) is 4.79 Å². The average Bonchev–Trinajstić information content (AvgIpc) is 2.14. The molecule has 0 aliphatic heterocycles. The molecule has 2 N–H and O–H groups in total. The van der Waals surface area contributed by atoms with Crippen LogP contribution in [0.3, 0.4) is 0 Å². The van der Waals surface area contributed by atoms with Gasteiger partial charge in [0.05, 0.1) is 12.6 Å². The van der Waals surface area contributed by atoms with Crippen molar-refractivity contribution in [2.24, 2.45) is 5.92 Å². The minimum Gasteiger partial charge on any atom is -0.383 e. The highest BCUT2D eigenvalue weighted by atomic mass is 16.5. The zero-order valence-corrected chi connectivity index (χ0v) is 10.8. The summed E-state index contributed by atoms with van der Waals surface area (Å²) in [5.74, 6) is 0.375. The molecule has 1 unspecified atom stereocenters. The maximum Gasteiger partial charge on any atom is 0.315 e. The van der Waals surface area contributed by atoms with Crippen molar-refractivity contribution in [3.63, 3.8) is 0 Å². The van der Waals surface area contributed by atoms with Crippen LogP contribution in [0, 0.1) is 5.92 Å². The molecule has 2 amide bonds. The SMILES string of the molecule is COCC(NC(=O)NC1(C)CCC1)C(C)C. The molecule has 0 bridgehead atoms. The van der Waals surface area contributed by atoms with E-state index in [0.717, 1.165) is 12.8 Å². The fourth-order valence-corrected chi connectivity index (χ4v) is 1.89. The Morgan fingerprint density at radius 2 is 2.06 bits per heavy atom. The molecular formula is C12H24N2O2. The normalized spacial score (nSPS) is 20.1. The van der Waals surface area contributed by atoms with Crippen LogP contribution >= 0.6 is 0 Å². The highest BCUT2D eigenvalue weighted by Crippen LogP contribution is 2.30. The summed E-state index contributed by atoms with van der Waals surface area (Å²) in [7, 11) is 1.65. The van der Waals surface area contributed by atoms with Gasteiger partial charge in [-0.1, -0.05) is 13.8 Å². The van der Waals surface area contributed by atoms with E-state index in [1.165, 1.54) is 6.42 Å². The van der Waals surface area contributed by atoms with E-state index in [-0.39, 0.29) is 17.6 Å². The number of carbonyl (C=O) groups excluding carboxylic acids is 1. The van der Waals surface area contributed by atoms with Gasteiger partial charge in [-0.05, 0) is 32.1 Å². The van der Waals surface area contributed by atoms with Gasteiger partial charge in [0.25, 0.3) is 0 Å². The lowest BCUT2D eigenvalue weighted by atomic mass is 9.79. The fourth-order valence-electron chi connectivity index (χ4n) is 1.89. The van der Waals surface area contributed by atoms with Gasteiger partial charge < -0.3 is 15.4 Å². The summed E-state index contributed by atoms with van der Waals surface area (Å²) >= 11 is 0. The first-order chi connectivity index (χ1) is 7.47. The van der Waals surface area contributed by atoms with Gasteiger partial charge in [0.15, 0.2) is 0 Å². The molecule has 0 spiro atoms. The number of methoxy groups -OCH3 is 1. The van der Waals surface area contributed by atoms with E-state index in [0.29, 0.717) is 12.5 Å². The summed E-state index contributed by atoms with van der Waals surface area (Å²) in [4.78, 5) is 11.8. The maximum absolute atomic E-state index is 11.8. The number of rotatable bonds is 5. The van der Waals surface area contributed by atoms with Crippen LogP contribution in [0.2, 0.25) is 0 Å². The first-order valence-electron chi connectivity index (χ1n) is 6.04. The number of ether oxygens (including phenoxy) is 1. The molecule has 1 saturated carbocycles. The van der Waals surface area contributed by atoms with Crippen molar-refractivity contribution in [2.45, 2.75) is 51.6 Å². The van der Waals surface area contributed by atoms with Crippen molar-refractivity contribution in [1.29, 1.82) is 0 Å². The molecule has 1 atom stereocenters. The molecule has 94 valence electrons. The molecule has 0 aromatic rings. The Hall–Kier alpha value is -0.770. The Morgan fingerprint density at radius 1 is 1.44 bits per heavy atom. The van der Waals surface area contributed by atoms with E-state index in [2.05, 4.69) is 31.4 Å². The quantitative estimate of drug-likeness (QED) is 0.755. The Morgan fingerprint density at radius 3 is 2.44 bits per heavy atom. The monoisotopic (exact) mass is 228 g/mol. The molecule has 1 aliphatic rings. The van der Waals surface area contributed by atoms with Gasteiger partial charge >= 0.3 is 6.03 Å². The van der Waals surface area contributed by atoms with Crippen molar-refractivity contribution in [1.82, 2.24) is 10.6 Å². The summed E-state index contributed by atoms with van der Waals surface area (Å²) in [6.45, 7) is 6.81. The van der Waals surface area contributed by atoms with E-state index < -0.39 is 0 Å². The van der Waals surface area contributed by atoms with Gasteiger partial charge in [-0.15, -0.1) is 0 Å². The smallest absolute Gasteiger partial charge is 0.315 e. The largest absolute Gasteiger partial charge is 0.383 e. The van der Waals surface area contributed by atoms with Crippen molar-refractivity contribution in [2.75, 3.05) is 13.7 Å². The summed E-state index contributed by atoms with van der Waals surface area (Å²) < 4.78 is 5.09. The molecule has 0 radical (unpaired) electrons. The van der Waals surface area contributed by atoms with Gasteiger partial charge in [0.1, 0.15) is 0 Å². The van der Waals surface area contributed by atoms with Crippen molar-refractivity contribution >= 4 is 6.03 Å². The van der Waals surface area contributed by atoms with Gasteiger partial charge in [-0.2, -0.15) is 0 Å². The standard InChI is InChI=1S/C12H24N2O2/c1-9(2)10(8-16-4)13-11(15)14-12(3)6-5-7-12/h9-10H,5-8H2,1-4H3,(H2,13,14,15). The number of hydrogen-bond acceptors (Lipinski definition) is 2. The third-order valence-electron chi connectivity index (χ3n) is 3.34. The van der Waals surface area contributed by atoms with Crippen molar-refractivity contribution in [3.05, 3.63) is 0 Å². The van der Waals surface area contributed by atoms with Crippen LogP contribution in [-0.2, 0) is 4.74 Å². The lowest BCUT2D eigenvalue weighted by molar-refractivity contribution is 0.141. The zero-order chi connectivity index (χ0) is 12.2. The predicted molar refractivity (Wildman–Crippen MR) is 64.4 cm³/mol. The van der Waals surface area contributed by atoms with E-state index in [1.807, 2.05) is 0 Å². The second-order valence-corrected chi connectivity index (χ2v) is 5.32. The molecule has 0 aromatic carbocycles.